The number of primary sulfonamides is 1. The van der Waals surface area contributed by atoms with Crippen LogP contribution >= 0.6 is 0 Å². The number of anilines is 2. The van der Waals surface area contributed by atoms with Crippen LogP contribution in [0.4, 0.5) is 11.4 Å². The smallest absolute Gasteiger partial charge is 0.238 e. The third-order valence-corrected chi connectivity index (χ3v) is 3.79. The van der Waals surface area contributed by atoms with Gasteiger partial charge < -0.3 is 10.4 Å². The van der Waals surface area contributed by atoms with E-state index in [1.807, 2.05) is 24.3 Å². The number of benzene rings is 2. The average molecular weight is 292 g/mol. The summed E-state index contributed by atoms with van der Waals surface area (Å²) in [5, 5.41) is 17.3. The zero-order chi connectivity index (χ0) is 14.6. The summed E-state index contributed by atoms with van der Waals surface area (Å²) in [6, 6.07) is 13.8. The number of rotatable bonds is 5. The first-order valence-electron chi connectivity index (χ1n) is 6.09. The van der Waals surface area contributed by atoms with E-state index >= 15 is 0 Å². The lowest BCUT2D eigenvalue weighted by atomic mass is 10.1. The molecule has 5 nitrogen and oxygen atoms in total. The molecule has 2 rings (SSSR count). The minimum atomic E-state index is -3.67. The Hall–Kier alpha value is -1.89. The van der Waals surface area contributed by atoms with E-state index in [1.54, 1.807) is 12.1 Å². The van der Waals surface area contributed by atoms with E-state index in [0.717, 1.165) is 16.9 Å². The lowest BCUT2D eigenvalue weighted by Gasteiger charge is -2.11. The van der Waals surface area contributed by atoms with Crippen molar-refractivity contribution in [3.8, 4) is 0 Å². The summed E-state index contributed by atoms with van der Waals surface area (Å²) in [6.45, 7) is 0.0725. The Morgan fingerprint density at radius 2 is 1.70 bits per heavy atom. The number of aliphatic hydroxyl groups excluding tert-OH is 1. The molecule has 0 radical (unpaired) electrons. The summed E-state index contributed by atoms with van der Waals surface area (Å²) < 4.78 is 22.3. The lowest BCUT2D eigenvalue weighted by molar-refractivity contribution is 0.300. The van der Waals surface area contributed by atoms with Crippen LogP contribution in [0.15, 0.2) is 53.4 Å². The maximum Gasteiger partial charge on any atom is 0.238 e. The molecular weight excluding hydrogens is 276 g/mol. The van der Waals surface area contributed by atoms with Gasteiger partial charge in [-0.05, 0) is 42.3 Å². The van der Waals surface area contributed by atoms with E-state index in [4.69, 9.17) is 10.2 Å². The predicted octanol–water partition coefficient (Wildman–Crippen LogP) is 1.61. The molecule has 0 fully saturated rings. The Bertz CT molecular complexity index is 682. The third kappa shape index (κ3) is 3.57. The molecule has 0 unspecified atom stereocenters. The van der Waals surface area contributed by atoms with Gasteiger partial charge in [-0.3, -0.25) is 0 Å². The molecule has 2 aromatic carbocycles. The van der Waals surface area contributed by atoms with Crippen molar-refractivity contribution < 1.29 is 13.5 Å². The highest BCUT2D eigenvalue weighted by molar-refractivity contribution is 7.89. The Morgan fingerprint density at radius 1 is 1.05 bits per heavy atom. The molecule has 20 heavy (non-hydrogen) atoms. The van der Waals surface area contributed by atoms with Crippen molar-refractivity contribution in [2.75, 3.05) is 11.9 Å². The van der Waals surface area contributed by atoms with Crippen molar-refractivity contribution in [2.45, 2.75) is 11.3 Å². The Labute approximate surface area is 118 Å². The highest BCUT2D eigenvalue weighted by atomic mass is 32.2. The van der Waals surface area contributed by atoms with Gasteiger partial charge in [-0.15, -0.1) is 0 Å². The summed E-state index contributed by atoms with van der Waals surface area (Å²) in [4.78, 5) is 0.0756. The first-order chi connectivity index (χ1) is 9.50. The molecule has 106 valence electrons. The number of aliphatic hydroxyl groups is 1. The summed E-state index contributed by atoms with van der Waals surface area (Å²) in [7, 11) is -3.67. The topological polar surface area (TPSA) is 92.4 Å². The van der Waals surface area contributed by atoms with E-state index in [-0.39, 0.29) is 11.5 Å². The van der Waals surface area contributed by atoms with Gasteiger partial charge in [0.15, 0.2) is 0 Å². The van der Waals surface area contributed by atoms with Crippen molar-refractivity contribution in [1.29, 1.82) is 0 Å². The molecular formula is C14H16N2O3S. The van der Waals surface area contributed by atoms with Crippen LogP contribution in [0.25, 0.3) is 0 Å². The van der Waals surface area contributed by atoms with Crippen molar-refractivity contribution in [3.05, 3.63) is 54.1 Å². The molecule has 0 saturated heterocycles. The second kappa shape index (κ2) is 6.04. The normalized spacial score (nSPS) is 11.3. The molecule has 0 aliphatic rings. The van der Waals surface area contributed by atoms with Crippen LogP contribution in [-0.2, 0) is 16.4 Å². The highest BCUT2D eigenvalue weighted by Gasteiger charge is 2.07. The van der Waals surface area contributed by atoms with Crippen LogP contribution in [0.5, 0.6) is 0 Å². The number of nitrogens with two attached hydrogens (primary N) is 1. The summed E-state index contributed by atoms with van der Waals surface area (Å²) in [5.41, 5.74) is 2.62. The third-order valence-electron chi connectivity index (χ3n) is 2.86. The number of hydrogen-bond acceptors (Lipinski definition) is 4. The highest BCUT2D eigenvalue weighted by Crippen LogP contribution is 2.22. The maximum absolute atomic E-state index is 11.2. The van der Waals surface area contributed by atoms with E-state index in [1.165, 1.54) is 12.1 Å². The molecule has 0 aromatic heterocycles. The van der Waals surface area contributed by atoms with Gasteiger partial charge in [-0.2, -0.15) is 0 Å². The largest absolute Gasteiger partial charge is 0.396 e. The Kier molecular flexibility index (Phi) is 4.39. The van der Waals surface area contributed by atoms with Gasteiger partial charge in [0.25, 0.3) is 0 Å². The van der Waals surface area contributed by atoms with Crippen LogP contribution in [0.2, 0.25) is 0 Å². The van der Waals surface area contributed by atoms with Crippen molar-refractivity contribution in [3.63, 3.8) is 0 Å². The van der Waals surface area contributed by atoms with Gasteiger partial charge in [0.1, 0.15) is 0 Å². The van der Waals surface area contributed by atoms with Gasteiger partial charge in [0.05, 0.1) is 4.90 Å². The van der Waals surface area contributed by atoms with Crippen molar-refractivity contribution in [2.24, 2.45) is 5.14 Å². The fourth-order valence-corrected chi connectivity index (χ4v) is 2.38. The minimum Gasteiger partial charge on any atom is -0.396 e. The molecule has 4 N–H and O–H groups in total. The molecule has 2 aromatic rings. The quantitative estimate of drug-likeness (QED) is 0.780. The SMILES string of the molecule is NS(=O)(=O)c1ccc(Nc2ccccc2CCO)cc1. The monoisotopic (exact) mass is 292 g/mol. The van der Waals surface area contributed by atoms with Crippen molar-refractivity contribution in [1.82, 2.24) is 0 Å². The standard InChI is InChI=1S/C14H16N2O3S/c15-20(18,19)13-7-5-12(6-8-13)16-14-4-2-1-3-11(14)9-10-17/h1-8,16-17H,9-10H2,(H2,15,18,19). The van der Waals surface area contributed by atoms with Gasteiger partial charge in [-0.1, -0.05) is 18.2 Å². The second-order valence-electron chi connectivity index (χ2n) is 4.33. The van der Waals surface area contributed by atoms with Crippen LogP contribution in [0, 0.1) is 0 Å². The van der Waals surface area contributed by atoms with Gasteiger partial charge >= 0.3 is 0 Å². The first-order valence-corrected chi connectivity index (χ1v) is 7.64. The zero-order valence-corrected chi connectivity index (χ0v) is 11.6. The zero-order valence-electron chi connectivity index (χ0n) is 10.8. The average Bonchev–Trinajstić information content (AvgIpc) is 2.41. The van der Waals surface area contributed by atoms with E-state index in [0.29, 0.717) is 6.42 Å². The predicted molar refractivity (Wildman–Crippen MR) is 78.3 cm³/mol. The van der Waals surface area contributed by atoms with Crippen LogP contribution in [0.1, 0.15) is 5.56 Å². The molecule has 0 bridgehead atoms. The molecule has 0 heterocycles. The minimum absolute atomic E-state index is 0.0725. The fourth-order valence-electron chi connectivity index (χ4n) is 1.86. The summed E-state index contributed by atoms with van der Waals surface area (Å²) in [5.74, 6) is 0. The number of sulfonamides is 1. The van der Waals surface area contributed by atoms with Gasteiger partial charge in [0.2, 0.25) is 10.0 Å². The van der Waals surface area contributed by atoms with E-state index < -0.39 is 10.0 Å². The van der Waals surface area contributed by atoms with Crippen molar-refractivity contribution >= 4 is 21.4 Å². The molecule has 6 heteroatoms. The summed E-state index contributed by atoms with van der Waals surface area (Å²) in [6.07, 6.45) is 0.554. The molecule has 0 saturated carbocycles. The summed E-state index contributed by atoms with van der Waals surface area (Å²) >= 11 is 0. The van der Waals surface area contributed by atoms with Crippen LogP contribution in [0.3, 0.4) is 0 Å². The Balaban J connectivity index is 2.22. The number of hydrogen-bond donors (Lipinski definition) is 3. The molecule has 0 atom stereocenters. The molecule has 0 aliphatic heterocycles. The van der Waals surface area contributed by atoms with Gasteiger partial charge in [-0.25, -0.2) is 13.6 Å². The van der Waals surface area contributed by atoms with Crippen LogP contribution < -0.4 is 10.5 Å². The van der Waals surface area contributed by atoms with E-state index in [2.05, 4.69) is 5.32 Å². The molecule has 0 aliphatic carbocycles. The van der Waals surface area contributed by atoms with Crippen LogP contribution in [-0.4, -0.2) is 20.1 Å². The first kappa shape index (κ1) is 14.5. The number of nitrogens with one attached hydrogen (secondary N) is 1. The lowest BCUT2D eigenvalue weighted by Crippen LogP contribution is -2.11. The molecule has 0 spiro atoms. The molecule has 0 amide bonds. The number of para-hydroxylation sites is 1. The van der Waals surface area contributed by atoms with E-state index in [9.17, 15) is 8.42 Å². The maximum atomic E-state index is 11.2. The second-order valence-corrected chi connectivity index (χ2v) is 5.89. The fraction of sp³-hybridized carbons (Fsp3) is 0.143. The van der Waals surface area contributed by atoms with Gasteiger partial charge in [0, 0.05) is 18.0 Å². The Morgan fingerprint density at radius 3 is 2.30 bits per heavy atom.